The van der Waals surface area contributed by atoms with Gasteiger partial charge in [-0.05, 0) is 31.4 Å². The minimum absolute atomic E-state index is 0.00778. The molecule has 1 aliphatic rings. The molecular weight excluding hydrogens is 216 g/mol. The maximum Gasteiger partial charge on any atom is 0.260 e. The number of rotatable bonds is 4. The number of hydrogen-bond acceptors (Lipinski definition) is 3. The molecule has 0 atom stereocenters. The Morgan fingerprint density at radius 2 is 2.24 bits per heavy atom. The molecule has 0 spiro atoms. The van der Waals surface area contributed by atoms with Crippen LogP contribution >= 0.6 is 0 Å². The number of benzene rings is 1. The fourth-order valence-corrected chi connectivity index (χ4v) is 1.69. The molecule has 0 bridgehead atoms. The van der Waals surface area contributed by atoms with Gasteiger partial charge in [0.2, 0.25) is 0 Å². The van der Waals surface area contributed by atoms with E-state index in [1.807, 2.05) is 26.1 Å². The van der Waals surface area contributed by atoms with Crippen molar-refractivity contribution in [1.82, 2.24) is 4.90 Å². The number of anilines is 1. The lowest BCUT2D eigenvalue weighted by atomic mass is 10.2. The second-order valence-electron chi connectivity index (χ2n) is 4.51. The van der Waals surface area contributed by atoms with Crippen LogP contribution < -0.4 is 10.5 Å². The van der Waals surface area contributed by atoms with Crippen LogP contribution in [0.3, 0.4) is 0 Å². The Kier molecular flexibility index (Phi) is 3.22. The number of carbonyl (C=O) groups is 1. The summed E-state index contributed by atoms with van der Waals surface area (Å²) < 4.78 is 5.46. The third-order valence-electron chi connectivity index (χ3n) is 3.12. The lowest BCUT2D eigenvalue weighted by molar-refractivity contribution is -0.132. The summed E-state index contributed by atoms with van der Waals surface area (Å²) in [6.07, 6.45) is 2.21. The maximum absolute atomic E-state index is 11.8. The van der Waals surface area contributed by atoms with Crippen LogP contribution in [0.5, 0.6) is 5.75 Å². The average Bonchev–Trinajstić information content (AvgIpc) is 3.13. The van der Waals surface area contributed by atoms with Crippen molar-refractivity contribution in [2.24, 2.45) is 0 Å². The molecule has 1 amide bonds. The Hall–Kier alpha value is -1.71. The highest BCUT2D eigenvalue weighted by Gasteiger charge is 2.29. The number of likely N-dealkylation sites (N-methyl/N-ethyl adjacent to an activating group) is 1. The third-order valence-corrected chi connectivity index (χ3v) is 3.12. The summed E-state index contributed by atoms with van der Waals surface area (Å²) >= 11 is 0. The van der Waals surface area contributed by atoms with Gasteiger partial charge in [-0.2, -0.15) is 0 Å². The zero-order valence-corrected chi connectivity index (χ0v) is 10.3. The minimum atomic E-state index is 0.00778. The number of para-hydroxylation sites is 1. The first-order valence-electron chi connectivity index (χ1n) is 5.83. The third kappa shape index (κ3) is 2.70. The highest BCUT2D eigenvalue weighted by Crippen LogP contribution is 2.26. The van der Waals surface area contributed by atoms with Gasteiger partial charge in [0, 0.05) is 13.1 Å². The number of amides is 1. The molecule has 92 valence electrons. The van der Waals surface area contributed by atoms with Gasteiger partial charge >= 0.3 is 0 Å². The van der Waals surface area contributed by atoms with E-state index in [1.54, 1.807) is 11.0 Å². The highest BCUT2D eigenvalue weighted by molar-refractivity contribution is 5.78. The van der Waals surface area contributed by atoms with Gasteiger partial charge in [-0.1, -0.05) is 12.1 Å². The van der Waals surface area contributed by atoms with E-state index < -0.39 is 0 Å². The molecule has 0 unspecified atom stereocenters. The lowest BCUT2D eigenvalue weighted by Crippen LogP contribution is -2.33. The van der Waals surface area contributed by atoms with Crippen LogP contribution in [0.2, 0.25) is 0 Å². The molecule has 1 aromatic rings. The molecule has 2 N–H and O–H groups in total. The highest BCUT2D eigenvalue weighted by atomic mass is 16.5. The van der Waals surface area contributed by atoms with Gasteiger partial charge < -0.3 is 15.4 Å². The molecule has 0 aromatic heterocycles. The Labute approximate surface area is 101 Å². The molecule has 0 heterocycles. The van der Waals surface area contributed by atoms with Crippen molar-refractivity contribution in [2.75, 3.05) is 19.4 Å². The van der Waals surface area contributed by atoms with Crippen molar-refractivity contribution in [3.05, 3.63) is 23.8 Å². The summed E-state index contributed by atoms with van der Waals surface area (Å²) in [5, 5.41) is 0. The smallest absolute Gasteiger partial charge is 0.260 e. The van der Waals surface area contributed by atoms with Gasteiger partial charge in [-0.3, -0.25) is 4.79 Å². The van der Waals surface area contributed by atoms with E-state index in [9.17, 15) is 4.79 Å². The fourth-order valence-electron chi connectivity index (χ4n) is 1.69. The van der Waals surface area contributed by atoms with Crippen LogP contribution in [0.4, 0.5) is 5.69 Å². The van der Waals surface area contributed by atoms with Gasteiger partial charge in [-0.25, -0.2) is 0 Å². The summed E-state index contributed by atoms with van der Waals surface area (Å²) in [6, 6.07) is 5.99. The van der Waals surface area contributed by atoms with E-state index in [-0.39, 0.29) is 12.5 Å². The first-order chi connectivity index (χ1) is 8.09. The first kappa shape index (κ1) is 11.8. The molecule has 1 saturated carbocycles. The van der Waals surface area contributed by atoms with Crippen LogP contribution in [-0.2, 0) is 4.79 Å². The monoisotopic (exact) mass is 234 g/mol. The van der Waals surface area contributed by atoms with Gasteiger partial charge in [0.25, 0.3) is 5.91 Å². The Morgan fingerprint density at radius 3 is 2.88 bits per heavy atom. The number of ether oxygens (including phenoxy) is 1. The molecular formula is C13H18N2O2. The van der Waals surface area contributed by atoms with Crippen molar-refractivity contribution in [3.8, 4) is 5.75 Å². The van der Waals surface area contributed by atoms with Gasteiger partial charge in [0.15, 0.2) is 6.61 Å². The molecule has 17 heavy (non-hydrogen) atoms. The molecule has 1 fully saturated rings. The van der Waals surface area contributed by atoms with Crippen LogP contribution in [0, 0.1) is 6.92 Å². The van der Waals surface area contributed by atoms with E-state index >= 15 is 0 Å². The SMILES string of the molecule is Cc1cccc(OCC(=O)N(C)C2CC2)c1N. The largest absolute Gasteiger partial charge is 0.482 e. The number of carbonyl (C=O) groups excluding carboxylic acids is 1. The predicted octanol–water partition coefficient (Wildman–Crippen LogP) is 1.58. The van der Waals surface area contributed by atoms with E-state index in [2.05, 4.69) is 0 Å². The number of aryl methyl sites for hydroxylation is 1. The van der Waals surface area contributed by atoms with E-state index in [1.165, 1.54) is 0 Å². The summed E-state index contributed by atoms with van der Waals surface area (Å²) in [7, 11) is 1.82. The zero-order chi connectivity index (χ0) is 12.4. The zero-order valence-electron chi connectivity index (χ0n) is 10.3. The fraction of sp³-hybridized carbons (Fsp3) is 0.462. The van der Waals surface area contributed by atoms with E-state index in [0.717, 1.165) is 18.4 Å². The number of nitrogen functional groups attached to an aromatic ring is 1. The maximum atomic E-state index is 11.8. The number of nitrogens with two attached hydrogens (primary N) is 1. The van der Waals surface area contributed by atoms with Crippen molar-refractivity contribution in [2.45, 2.75) is 25.8 Å². The lowest BCUT2D eigenvalue weighted by Gasteiger charge is -2.17. The second-order valence-corrected chi connectivity index (χ2v) is 4.51. The Bertz CT molecular complexity index is 427. The van der Waals surface area contributed by atoms with Crippen molar-refractivity contribution >= 4 is 11.6 Å². The molecule has 0 saturated heterocycles. The summed E-state index contributed by atoms with van der Waals surface area (Å²) in [4.78, 5) is 13.5. The Balaban J connectivity index is 1.93. The minimum Gasteiger partial charge on any atom is -0.482 e. The summed E-state index contributed by atoms with van der Waals surface area (Å²) in [6.45, 7) is 1.97. The van der Waals surface area contributed by atoms with Gasteiger partial charge in [0.1, 0.15) is 5.75 Å². The Morgan fingerprint density at radius 1 is 1.53 bits per heavy atom. The topological polar surface area (TPSA) is 55.6 Å². The standard InChI is InChI=1S/C13H18N2O2/c1-9-4-3-5-11(13(9)14)17-8-12(16)15(2)10-6-7-10/h3-5,10H,6-8,14H2,1-2H3. The predicted molar refractivity (Wildman–Crippen MR) is 66.9 cm³/mol. The van der Waals surface area contributed by atoms with Crippen LogP contribution in [-0.4, -0.2) is 30.5 Å². The van der Waals surface area contributed by atoms with Crippen molar-refractivity contribution < 1.29 is 9.53 Å². The van der Waals surface area contributed by atoms with Crippen LogP contribution in [0.15, 0.2) is 18.2 Å². The summed E-state index contributed by atoms with van der Waals surface area (Å²) in [5.41, 5.74) is 7.44. The van der Waals surface area contributed by atoms with Crippen LogP contribution in [0.25, 0.3) is 0 Å². The normalized spacial score (nSPS) is 14.5. The van der Waals surface area contributed by atoms with Crippen molar-refractivity contribution in [3.63, 3.8) is 0 Å². The van der Waals surface area contributed by atoms with E-state index in [4.69, 9.17) is 10.5 Å². The number of nitrogens with zero attached hydrogens (tertiary/aromatic N) is 1. The van der Waals surface area contributed by atoms with Gasteiger partial charge in [0.05, 0.1) is 5.69 Å². The molecule has 1 aliphatic carbocycles. The number of hydrogen-bond donors (Lipinski definition) is 1. The molecule has 4 heteroatoms. The quantitative estimate of drug-likeness (QED) is 0.805. The molecule has 0 radical (unpaired) electrons. The van der Waals surface area contributed by atoms with Crippen molar-refractivity contribution in [1.29, 1.82) is 0 Å². The molecule has 4 nitrogen and oxygen atoms in total. The van der Waals surface area contributed by atoms with E-state index in [0.29, 0.717) is 17.5 Å². The molecule has 0 aliphatic heterocycles. The second kappa shape index (κ2) is 4.65. The summed E-state index contributed by atoms with van der Waals surface area (Å²) in [5.74, 6) is 0.593. The molecule has 2 rings (SSSR count). The average molecular weight is 234 g/mol. The first-order valence-corrected chi connectivity index (χ1v) is 5.83. The van der Waals surface area contributed by atoms with Crippen LogP contribution in [0.1, 0.15) is 18.4 Å². The molecule has 1 aromatic carbocycles. The van der Waals surface area contributed by atoms with Gasteiger partial charge in [-0.15, -0.1) is 0 Å².